The summed E-state index contributed by atoms with van der Waals surface area (Å²) >= 11 is 1.79. The third kappa shape index (κ3) is 2.22. The number of hydrogen-bond donors (Lipinski definition) is 1. The standard InChI is InChI=1S/C14H15NS/c1-16-10-12-8-5-9-13(14(12)15)11-6-3-2-4-7-11/h2-9H,10,15H2,1H3. The second-order valence-corrected chi connectivity index (χ2v) is 4.54. The number of thioether (sulfide) groups is 1. The van der Waals surface area contributed by atoms with Gasteiger partial charge in [0.15, 0.2) is 0 Å². The third-order valence-electron chi connectivity index (χ3n) is 2.58. The predicted molar refractivity (Wildman–Crippen MR) is 73.5 cm³/mol. The molecule has 0 saturated carbocycles. The van der Waals surface area contributed by atoms with E-state index in [1.807, 2.05) is 18.2 Å². The van der Waals surface area contributed by atoms with E-state index >= 15 is 0 Å². The molecule has 0 bridgehead atoms. The Balaban J connectivity index is 2.46. The molecule has 2 heteroatoms. The second-order valence-electron chi connectivity index (χ2n) is 3.68. The van der Waals surface area contributed by atoms with Gasteiger partial charge in [0, 0.05) is 17.0 Å². The molecule has 1 nitrogen and oxygen atoms in total. The van der Waals surface area contributed by atoms with Crippen LogP contribution in [0.5, 0.6) is 0 Å². The zero-order chi connectivity index (χ0) is 11.4. The third-order valence-corrected chi connectivity index (χ3v) is 3.18. The SMILES string of the molecule is CSCc1cccc(-c2ccccc2)c1N. The molecule has 0 fully saturated rings. The average Bonchev–Trinajstić information content (AvgIpc) is 2.33. The van der Waals surface area contributed by atoms with Crippen molar-refractivity contribution in [2.75, 3.05) is 12.0 Å². The van der Waals surface area contributed by atoms with Crippen LogP contribution in [0, 0.1) is 0 Å². The summed E-state index contributed by atoms with van der Waals surface area (Å²) in [5.74, 6) is 0.965. The molecule has 2 aromatic rings. The molecule has 2 aromatic carbocycles. The maximum Gasteiger partial charge on any atom is 0.0434 e. The fourth-order valence-corrected chi connectivity index (χ4v) is 2.33. The lowest BCUT2D eigenvalue weighted by atomic mass is 10.0. The van der Waals surface area contributed by atoms with Crippen molar-refractivity contribution in [3.63, 3.8) is 0 Å². The molecule has 2 rings (SSSR count). The van der Waals surface area contributed by atoms with E-state index in [4.69, 9.17) is 5.73 Å². The number of anilines is 1. The normalized spacial score (nSPS) is 10.3. The Morgan fingerprint density at radius 3 is 2.44 bits per heavy atom. The number of nitrogens with two attached hydrogens (primary N) is 1. The van der Waals surface area contributed by atoms with Crippen molar-refractivity contribution >= 4 is 17.4 Å². The highest BCUT2D eigenvalue weighted by atomic mass is 32.2. The second kappa shape index (κ2) is 5.08. The van der Waals surface area contributed by atoms with Crippen LogP contribution in [0.4, 0.5) is 5.69 Å². The number of benzene rings is 2. The minimum Gasteiger partial charge on any atom is -0.398 e. The Hall–Kier alpha value is -1.41. The van der Waals surface area contributed by atoms with Crippen molar-refractivity contribution in [2.45, 2.75) is 5.75 Å². The molecule has 0 radical (unpaired) electrons. The van der Waals surface area contributed by atoms with Gasteiger partial charge in [-0.2, -0.15) is 11.8 Å². The molecule has 16 heavy (non-hydrogen) atoms. The molecule has 0 aromatic heterocycles. The van der Waals surface area contributed by atoms with Gasteiger partial charge in [-0.05, 0) is 17.4 Å². The summed E-state index contributed by atoms with van der Waals surface area (Å²) in [6.07, 6.45) is 2.09. The number of para-hydroxylation sites is 1. The van der Waals surface area contributed by atoms with Crippen LogP contribution in [0.15, 0.2) is 48.5 Å². The first-order chi connectivity index (χ1) is 7.83. The van der Waals surface area contributed by atoms with Gasteiger partial charge in [0.05, 0.1) is 0 Å². The molecule has 0 heterocycles. The lowest BCUT2D eigenvalue weighted by Crippen LogP contribution is -1.95. The van der Waals surface area contributed by atoms with Crippen LogP contribution in [0.3, 0.4) is 0 Å². The Bertz CT molecular complexity index is 465. The molecule has 82 valence electrons. The maximum atomic E-state index is 6.19. The summed E-state index contributed by atoms with van der Waals surface area (Å²) in [5, 5.41) is 0. The summed E-state index contributed by atoms with van der Waals surface area (Å²) in [7, 11) is 0. The summed E-state index contributed by atoms with van der Waals surface area (Å²) in [6, 6.07) is 16.5. The lowest BCUT2D eigenvalue weighted by Gasteiger charge is -2.10. The van der Waals surface area contributed by atoms with Crippen molar-refractivity contribution in [1.82, 2.24) is 0 Å². The van der Waals surface area contributed by atoms with Crippen molar-refractivity contribution in [2.24, 2.45) is 0 Å². The molecule has 2 N–H and O–H groups in total. The number of rotatable bonds is 3. The topological polar surface area (TPSA) is 26.0 Å². The van der Waals surface area contributed by atoms with Gasteiger partial charge < -0.3 is 5.73 Å². The molecule has 0 aliphatic carbocycles. The summed E-state index contributed by atoms with van der Waals surface area (Å²) in [4.78, 5) is 0. The van der Waals surface area contributed by atoms with Gasteiger partial charge in [0.1, 0.15) is 0 Å². The molecule has 0 spiro atoms. The minimum absolute atomic E-state index is 0.906. The Kier molecular flexibility index (Phi) is 3.52. The van der Waals surface area contributed by atoms with Crippen LogP contribution in [-0.4, -0.2) is 6.26 Å². The zero-order valence-electron chi connectivity index (χ0n) is 9.31. The highest BCUT2D eigenvalue weighted by Crippen LogP contribution is 2.29. The van der Waals surface area contributed by atoms with Crippen LogP contribution in [0.25, 0.3) is 11.1 Å². The van der Waals surface area contributed by atoms with E-state index in [1.165, 1.54) is 11.1 Å². The average molecular weight is 229 g/mol. The monoisotopic (exact) mass is 229 g/mol. The van der Waals surface area contributed by atoms with Crippen LogP contribution in [0.2, 0.25) is 0 Å². The van der Waals surface area contributed by atoms with Gasteiger partial charge in [-0.15, -0.1) is 0 Å². The highest BCUT2D eigenvalue weighted by molar-refractivity contribution is 7.97. The lowest BCUT2D eigenvalue weighted by molar-refractivity contribution is 1.42. The molecule has 0 amide bonds. The highest BCUT2D eigenvalue weighted by Gasteiger charge is 2.05. The smallest absolute Gasteiger partial charge is 0.0434 e. The zero-order valence-corrected chi connectivity index (χ0v) is 10.1. The van der Waals surface area contributed by atoms with Gasteiger partial charge in [-0.1, -0.05) is 48.5 Å². The molecule has 0 aliphatic heterocycles. The fourth-order valence-electron chi connectivity index (χ4n) is 1.76. The summed E-state index contributed by atoms with van der Waals surface area (Å²) < 4.78 is 0. The van der Waals surface area contributed by atoms with Crippen molar-refractivity contribution in [3.05, 3.63) is 54.1 Å². The number of nitrogen functional groups attached to an aromatic ring is 1. The van der Waals surface area contributed by atoms with E-state index in [0.29, 0.717) is 0 Å². The summed E-state index contributed by atoms with van der Waals surface area (Å²) in [5.41, 5.74) is 10.6. The first-order valence-corrected chi connectivity index (χ1v) is 6.64. The van der Waals surface area contributed by atoms with Gasteiger partial charge in [-0.25, -0.2) is 0 Å². The molecular formula is C14H15NS. The molecular weight excluding hydrogens is 214 g/mol. The van der Waals surface area contributed by atoms with Crippen molar-refractivity contribution in [3.8, 4) is 11.1 Å². The van der Waals surface area contributed by atoms with Crippen molar-refractivity contribution < 1.29 is 0 Å². The van der Waals surface area contributed by atoms with Gasteiger partial charge in [0.25, 0.3) is 0 Å². The first-order valence-electron chi connectivity index (χ1n) is 5.24. The number of hydrogen-bond acceptors (Lipinski definition) is 2. The Labute approximate surface area is 101 Å². The van der Waals surface area contributed by atoms with E-state index in [0.717, 1.165) is 17.0 Å². The molecule has 0 atom stereocenters. The van der Waals surface area contributed by atoms with Crippen LogP contribution < -0.4 is 5.73 Å². The molecule has 0 unspecified atom stereocenters. The largest absolute Gasteiger partial charge is 0.398 e. The first kappa shape index (κ1) is 11.1. The van der Waals surface area contributed by atoms with E-state index in [1.54, 1.807) is 11.8 Å². The molecule has 0 aliphatic rings. The van der Waals surface area contributed by atoms with E-state index in [9.17, 15) is 0 Å². The van der Waals surface area contributed by atoms with E-state index in [-0.39, 0.29) is 0 Å². The fraction of sp³-hybridized carbons (Fsp3) is 0.143. The minimum atomic E-state index is 0.906. The van der Waals surface area contributed by atoms with Gasteiger partial charge >= 0.3 is 0 Å². The summed E-state index contributed by atoms with van der Waals surface area (Å²) in [6.45, 7) is 0. The van der Waals surface area contributed by atoms with E-state index in [2.05, 4.69) is 36.6 Å². The quantitative estimate of drug-likeness (QED) is 0.810. The van der Waals surface area contributed by atoms with Crippen LogP contribution in [-0.2, 0) is 5.75 Å². The Morgan fingerprint density at radius 2 is 1.75 bits per heavy atom. The van der Waals surface area contributed by atoms with E-state index < -0.39 is 0 Å². The predicted octanol–water partition coefficient (Wildman–Crippen LogP) is 3.80. The Morgan fingerprint density at radius 1 is 1.00 bits per heavy atom. The molecule has 0 saturated heterocycles. The van der Waals surface area contributed by atoms with Crippen molar-refractivity contribution in [1.29, 1.82) is 0 Å². The van der Waals surface area contributed by atoms with Gasteiger partial charge in [0.2, 0.25) is 0 Å². The van der Waals surface area contributed by atoms with Gasteiger partial charge in [-0.3, -0.25) is 0 Å². The van der Waals surface area contributed by atoms with Crippen LogP contribution >= 0.6 is 11.8 Å². The maximum absolute atomic E-state index is 6.19. The van der Waals surface area contributed by atoms with Crippen LogP contribution in [0.1, 0.15) is 5.56 Å².